The van der Waals surface area contributed by atoms with Gasteiger partial charge in [-0.05, 0) is 30.4 Å². The quantitative estimate of drug-likeness (QED) is 0.805. The molecule has 3 aliphatic heterocycles. The summed E-state index contributed by atoms with van der Waals surface area (Å²) in [5, 5.41) is 2.20. The number of carbonyl (C=O) groups excluding carboxylic acids is 3. The highest BCUT2D eigenvalue weighted by atomic mass is 16.2. The van der Waals surface area contributed by atoms with Crippen molar-refractivity contribution in [3.05, 3.63) is 35.4 Å². The van der Waals surface area contributed by atoms with Gasteiger partial charge in [0, 0.05) is 32.2 Å². The minimum Gasteiger partial charge on any atom is -0.341 e. The highest BCUT2D eigenvalue weighted by Gasteiger charge is 2.32. The molecule has 2 fully saturated rings. The van der Waals surface area contributed by atoms with E-state index in [-0.39, 0.29) is 24.9 Å². The summed E-state index contributed by atoms with van der Waals surface area (Å²) in [5.41, 5.74) is 2.87. The maximum atomic E-state index is 12.4. The second kappa shape index (κ2) is 7.07. The summed E-state index contributed by atoms with van der Waals surface area (Å²) < 4.78 is 0. The van der Waals surface area contributed by atoms with E-state index in [0.717, 1.165) is 32.4 Å². The maximum Gasteiger partial charge on any atom is 0.325 e. The van der Waals surface area contributed by atoms with E-state index in [1.54, 1.807) is 0 Å². The number of benzene rings is 1. The van der Waals surface area contributed by atoms with Crippen LogP contribution >= 0.6 is 0 Å². The van der Waals surface area contributed by atoms with Crippen LogP contribution in [0.25, 0.3) is 0 Å². The average molecular weight is 356 g/mol. The summed E-state index contributed by atoms with van der Waals surface area (Å²) >= 11 is 0. The molecule has 0 aliphatic carbocycles. The van der Waals surface area contributed by atoms with E-state index in [9.17, 15) is 14.4 Å². The first-order valence-corrected chi connectivity index (χ1v) is 9.27. The summed E-state index contributed by atoms with van der Waals surface area (Å²) in [6, 6.07) is 8.67. The van der Waals surface area contributed by atoms with Crippen molar-refractivity contribution in [3.63, 3.8) is 0 Å². The van der Waals surface area contributed by atoms with Crippen LogP contribution in [0.3, 0.4) is 0 Å². The van der Waals surface area contributed by atoms with Crippen LogP contribution in [0.5, 0.6) is 0 Å². The van der Waals surface area contributed by atoms with Crippen molar-refractivity contribution in [1.29, 1.82) is 0 Å². The monoisotopic (exact) mass is 356 g/mol. The molecule has 0 atom stereocenters. The topological polar surface area (TPSA) is 73.0 Å². The number of fused-ring (bicyclic) bond motifs is 1. The molecular formula is C19H24N4O3. The first-order chi connectivity index (χ1) is 12.6. The fourth-order valence-corrected chi connectivity index (χ4v) is 4.18. The molecule has 0 unspecified atom stereocenters. The van der Waals surface area contributed by atoms with Crippen LogP contribution in [0.15, 0.2) is 24.3 Å². The van der Waals surface area contributed by atoms with Crippen molar-refractivity contribution < 1.29 is 14.4 Å². The Morgan fingerprint density at radius 1 is 1.04 bits per heavy atom. The highest BCUT2D eigenvalue weighted by Crippen LogP contribution is 2.25. The van der Waals surface area contributed by atoms with E-state index >= 15 is 0 Å². The van der Waals surface area contributed by atoms with E-state index < -0.39 is 6.03 Å². The average Bonchev–Trinajstić information content (AvgIpc) is 2.98. The maximum absolute atomic E-state index is 12.4. The third-order valence-electron chi connectivity index (χ3n) is 5.69. The summed E-state index contributed by atoms with van der Waals surface area (Å²) in [4.78, 5) is 40.9. The molecule has 7 nitrogen and oxygen atoms in total. The highest BCUT2D eigenvalue weighted by molar-refractivity contribution is 6.03. The van der Waals surface area contributed by atoms with Crippen molar-refractivity contribution in [2.75, 3.05) is 32.7 Å². The number of rotatable bonds is 3. The number of nitrogens with one attached hydrogen (secondary N) is 1. The number of amides is 4. The Kier molecular flexibility index (Phi) is 4.63. The minimum atomic E-state index is -0.467. The van der Waals surface area contributed by atoms with Crippen molar-refractivity contribution in [3.8, 4) is 0 Å². The molecule has 1 aromatic carbocycles. The Bertz CT molecular complexity index is 727. The number of carbonyl (C=O) groups is 3. The fraction of sp³-hybridized carbons (Fsp3) is 0.526. The molecule has 0 spiro atoms. The predicted molar refractivity (Wildman–Crippen MR) is 95.3 cm³/mol. The molecule has 2 saturated heterocycles. The predicted octanol–water partition coefficient (Wildman–Crippen LogP) is 0.588. The molecule has 3 heterocycles. The number of nitrogens with zero attached hydrogens (tertiary/aromatic N) is 3. The van der Waals surface area contributed by atoms with Gasteiger partial charge < -0.3 is 9.80 Å². The molecule has 1 aromatic rings. The van der Waals surface area contributed by atoms with E-state index in [0.29, 0.717) is 19.1 Å². The van der Waals surface area contributed by atoms with Gasteiger partial charge in [-0.2, -0.15) is 0 Å². The lowest BCUT2D eigenvalue weighted by atomic mass is 9.95. The lowest BCUT2D eigenvalue weighted by Crippen LogP contribution is -2.50. The number of piperidine rings is 1. The Morgan fingerprint density at radius 2 is 1.77 bits per heavy atom. The van der Waals surface area contributed by atoms with Crippen molar-refractivity contribution in [2.45, 2.75) is 31.8 Å². The summed E-state index contributed by atoms with van der Waals surface area (Å²) in [5.74, 6) is -0.413. The Balaban J connectivity index is 1.28. The van der Waals surface area contributed by atoms with E-state index in [4.69, 9.17) is 0 Å². The van der Waals surface area contributed by atoms with Crippen molar-refractivity contribution in [2.24, 2.45) is 0 Å². The summed E-state index contributed by atoms with van der Waals surface area (Å²) in [7, 11) is 0. The van der Waals surface area contributed by atoms with E-state index in [1.807, 2.05) is 4.90 Å². The summed E-state index contributed by atoms with van der Waals surface area (Å²) in [6.07, 6.45) is 3.01. The van der Waals surface area contributed by atoms with Gasteiger partial charge in [-0.3, -0.25) is 19.8 Å². The van der Waals surface area contributed by atoms with Gasteiger partial charge in [0.05, 0.1) is 0 Å². The number of hydrogen-bond acceptors (Lipinski definition) is 4. The van der Waals surface area contributed by atoms with Gasteiger partial charge in [0.25, 0.3) is 0 Å². The van der Waals surface area contributed by atoms with Crippen molar-refractivity contribution in [1.82, 2.24) is 20.0 Å². The number of urea groups is 1. The standard InChI is InChI=1S/C19H24N4O3/c24-17-12-23(19(26)20-17)13-18(25)21-9-6-16(7-10-21)22-8-5-14-3-1-2-4-15(14)11-22/h1-4,16H,5-13H2,(H,20,24,26). The SMILES string of the molecule is O=C1CN(CC(=O)N2CCC(N3CCc4ccccc4C3)CC2)C(=O)N1. The zero-order valence-electron chi connectivity index (χ0n) is 14.8. The number of hydrogen-bond donors (Lipinski definition) is 1. The molecule has 7 heteroatoms. The van der Waals surface area contributed by atoms with Crippen LogP contribution in [0, 0.1) is 0 Å². The molecule has 4 amide bonds. The first kappa shape index (κ1) is 17.0. The third-order valence-corrected chi connectivity index (χ3v) is 5.69. The lowest BCUT2D eigenvalue weighted by Gasteiger charge is -2.41. The molecule has 0 radical (unpaired) electrons. The van der Waals surface area contributed by atoms with Crippen LogP contribution < -0.4 is 5.32 Å². The van der Waals surface area contributed by atoms with E-state index in [1.165, 1.54) is 16.0 Å². The smallest absolute Gasteiger partial charge is 0.325 e. The van der Waals surface area contributed by atoms with Crippen molar-refractivity contribution >= 4 is 17.8 Å². The van der Waals surface area contributed by atoms with Gasteiger partial charge in [0.1, 0.15) is 13.1 Å². The molecule has 4 rings (SSSR count). The fourth-order valence-electron chi connectivity index (χ4n) is 4.18. The van der Waals surface area contributed by atoms with Gasteiger partial charge in [-0.1, -0.05) is 24.3 Å². The Morgan fingerprint density at radius 3 is 2.46 bits per heavy atom. The number of imide groups is 1. The van der Waals surface area contributed by atoms with Crippen LogP contribution in [0.2, 0.25) is 0 Å². The van der Waals surface area contributed by atoms with Gasteiger partial charge in [-0.15, -0.1) is 0 Å². The normalized spacial score (nSPS) is 21.7. The molecule has 26 heavy (non-hydrogen) atoms. The second-order valence-electron chi connectivity index (χ2n) is 7.31. The second-order valence-corrected chi connectivity index (χ2v) is 7.31. The summed E-state index contributed by atoms with van der Waals surface area (Å²) in [6.45, 7) is 3.46. The first-order valence-electron chi connectivity index (χ1n) is 9.27. The molecule has 138 valence electrons. The molecular weight excluding hydrogens is 332 g/mol. The van der Waals surface area contributed by atoms with E-state index in [2.05, 4.69) is 34.5 Å². The zero-order chi connectivity index (χ0) is 18.1. The largest absolute Gasteiger partial charge is 0.341 e. The van der Waals surface area contributed by atoms with Gasteiger partial charge in [0.15, 0.2) is 0 Å². The Hall–Kier alpha value is -2.41. The van der Waals surface area contributed by atoms with Gasteiger partial charge in [-0.25, -0.2) is 4.79 Å². The van der Waals surface area contributed by atoms with Crippen LogP contribution in [-0.2, 0) is 22.6 Å². The van der Waals surface area contributed by atoms with Crippen LogP contribution in [0.4, 0.5) is 4.79 Å². The molecule has 0 bridgehead atoms. The number of likely N-dealkylation sites (tertiary alicyclic amines) is 1. The Labute approximate surface area is 152 Å². The molecule has 3 aliphatic rings. The minimum absolute atomic E-state index is 0.0146. The van der Waals surface area contributed by atoms with Gasteiger partial charge in [0.2, 0.25) is 11.8 Å². The van der Waals surface area contributed by atoms with Crippen LogP contribution in [0.1, 0.15) is 24.0 Å². The van der Waals surface area contributed by atoms with Crippen LogP contribution in [-0.4, -0.2) is 71.3 Å². The molecule has 1 N–H and O–H groups in total. The zero-order valence-corrected chi connectivity index (χ0v) is 14.8. The van der Waals surface area contributed by atoms with Gasteiger partial charge >= 0.3 is 6.03 Å². The molecule has 0 saturated carbocycles. The molecule has 0 aromatic heterocycles. The third kappa shape index (κ3) is 3.44. The lowest BCUT2D eigenvalue weighted by molar-refractivity contribution is -0.133.